The van der Waals surface area contributed by atoms with Gasteiger partial charge < -0.3 is 9.64 Å². The van der Waals surface area contributed by atoms with Gasteiger partial charge in [-0.25, -0.2) is 4.39 Å². The number of hydrogen-bond donors (Lipinski definition) is 1. The zero-order chi connectivity index (χ0) is 24.5. The van der Waals surface area contributed by atoms with E-state index in [1.807, 2.05) is 0 Å². The van der Waals surface area contributed by atoms with Crippen LogP contribution in [0.25, 0.3) is 22.5 Å². The molecule has 36 heavy (non-hydrogen) atoms. The molecule has 1 N–H and O–H groups in total. The Labute approximate surface area is 214 Å². The van der Waals surface area contributed by atoms with Gasteiger partial charge in [-0.15, -0.1) is 11.3 Å². The topological polar surface area (TPSA) is 44.4 Å². The standard InChI is InChI=1S/C29H27FN4OS/c1-33-9-11-34(12-10-33)18-20-7-8-26-21(14-20)16-27-28(31-32-29(26)27)22-15-25(36-19-22)6-3-13-35-24-5-2-4-23(30)17-24/h2,4-5,7-8,14-15,17,19H,9-13,16,18H2,1H3,(H,31,32). The molecule has 2 aliphatic rings. The van der Waals surface area contributed by atoms with Crippen molar-refractivity contribution in [1.82, 2.24) is 20.0 Å². The molecule has 0 unspecified atom stereocenters. The van der Waals surface area contributed by atoms with Crippen molar-refractivity contribution in [3.8, 4) is 40.1 Å². The molecule has 0 bridgehead atoms. The molecule has 0 saturated carbocycles. The SMILES string of the molecule is CN1CCN(Cc2ccc3c(c2)Cc2c(-c4csc(C#CCOc5cccc(F)c5)c4)n[nH]c2-3)CC1. The lowest BCUT2D eigenvalue weighted by Crippen LogP contribution is -2.43. The van der Waals surface area contributed by atoms with Crippen LogP contribution in [0.4, 0.5) is 4.39 Å². The highest BCUT2D eigenvalue weighted by Crippen LogP contribution is 2.41. The molecule has 6 rings (SSSR count). The minimum atomic E-state index is -0.316. The number of hydrogen-bond acceptors (Lipinski definition) is 5. The van der Waals surface area contributed by atoms with E-state index in [9.17, 15) is 4.39 Å². The smallest absolute Gasteiger partial charge is 0.149 e. The molecule has 182 valence electrons. The molecule has 0 amide bonds. The lowest BCUT2D eigenvalue weighted by atomic mass is 10.0. The van der Waals surface area contributed by atoms with Crippen LogP contribution in [0.5, 0.6) is 5.75 Å². The van der Waals surface area contributed by atoms with Crippen LogP contribution in [0.2, 0.25) is 0 Å². The van der Waals surface area contributed by atoms with Crippen LogP contribution in [-0.2, 0) is 13.0 Å². The van der Waals surface area contributed by atoms with Crippen molar-refractivity contribution >= 4 is 11.3 Å². The van der Waals surface area contributed by atoms with E-state index in [2.05, 4.69) is 68.5 Å². The molecule has 0 radical (unpaired) electrons. The second kappa shape index (κ2) is 9.90. The quantitative estimate of drug-likeness (QED) is 0.346. The van der Waals surface area contributed by atoms with Gasteiger partial charge in [0.15, 0.2) is 0 Å². The third kappa shape index (κ3) is 4.80. The van der Waals surface area contributed by atoms with Crippen molar-refractivity contribution < 1.29 is 9.13 Å². The second-order valence-corrected chi connectivity index (χ2v) is 10.3. The maximum absolute atomic E-state index is 13.3. The maximum Gasteiger partial charge on any atom is 0.149 e. The van der Waals surface area contributed by atoms with Crippen molar-refractivity contribution in [2.75, 3.05) is 39.8 Å². The van der Waals surface area contributed by atoms with Crippen LogP contribution in [-0.4, -0.2) is 59.8 Å². The monoisotopic (exact) mass is 498 g/mol. The Morgan fingerprint density at radius 1 is 1.11 bits per heavy atom. The Kier molecular flexibility index (Phi) is 6.32. The number of halogens is 1. The van der Waals surface area contributed by atoms with Gasteiger partial charge >= 0.3 is 0 Å². The number of piperazine rings is 1. The van der Waals surface area contributed by atoms with Gasteiger partial charge in [0.1, 0.15) is 18.2 Å². The summed E-state index contributed by atoms with van der Waals surface area (Å²) < 4.78 is 18.8. The van der Waals surface area contributed by atoms with Crippen LogP contribution < -0.4 is 4.74 Å². The molecule has 1 aliphatic carbocycles. The number of nitrogens with zero attached hydrogens (tertiary/aromatic N) is 3. The summed E-state index contributed by atoms with van der Waals surface area (Å²) in [7, 11) is 2.19. The van der Waals surface area contributed by atoms with E-state index < -0.39 is 0 Å². The third-order valence-corrected chi connectivity index (χ3v) is 7.71. The van der Waals surface area contributed by atoms with Gasteiger partial charge in [-0.1, -0.05) is 36.1 Å². The first-order valence-corrected chi connectivity index (χ1v) is 13.1. The predicted molar refractivity (Wildman–Crippen MR) is 142 cm³/mol. The summed E-state index contributed by atoms with van der Waals surface area (Å²) in [5.41, 5.74) is 8.49. The van der Waals surface area contributed by atoms with Crippen molar-refractivity contribution in [1.29, 1.82) is 0 Å². The summed E-state index contributed by atoms with van der Waals surface area (Å²) in [6.07, 6.45) is 0.894. The first-order valence-electron chi connectivity index (χ1n) is 12.2. The normalized spacial score (nSPS) is 15.3. The van der Waals surface area contributed by atoms with Crippen molar-refractivity contribution in [2.45, 2.75) is 13.0 Å². The summed E-state index contributed by atoms with van der Waals surface area (Å²) in [6.45, 7) is 5.74. The molecule has 7 heteroatoms. The van der Waals surface area contributed by atoms with Gasteiger partial charge in [0.2, 0.25) is 0 Å². The van der Waals surface area contributed by atoms with Crippen LogP contribution in [0, 0.1) is 17.7 Å². The Morgan fingerprint density at radius 2 is 2.00 bits per heavy atom. The Hall–Kier alpha value is -3.44. The predicted octanol–water partition coefficient (Wildman–Crippen LogP) is 5.03. The second-order valence-electron chi connectivity index (χ2n) is 9.42. The summed E-state index contributed by atoms with van der Waals surface area (Å²) >= 11 is 1.60. The minimum Gasteiger partial charge on any atom is -0.481 e. The fraction of sp³-hybridized carbons (Fsp3) is 0.276. The third-order valence-electron chi connectivity index (χ3n) is 6.87. The van der Waals surface area contributed by atoms with Gasteiger partial charge in [0, 0.05) is 67.3 Å². The highest BCUT2D eigenvalue weighted by atomic mass is 32.1. The van der Waals surface area contributed by atoms with Crippen molar-refractivity contribution in [3.63, 3.8) is 0 Å². The number of likely N-dealkylation sites (N-methyl/N-ethyl adjacent to an activating group) is 1. The number of rotatable bonds is 5. The summed E-state index contributed by atoms with van der Waals surface area (Å²) in [6, 6.07) is 15.1. The number of thiophene rings is 1. The van der Waals surface area contributed by atoms with E-state index in [0.717, 1.165) is 61.0 Å². The molecule has 0 atom stereocenters. The van der Waals surface area contributed by atoms with Gasteiger partial charge in [-0.2, -0.15) is 5.10 Å². The Bertz CT molecular complexity index is 1460. The average molecular weight is 499 g/mol. The molecule has 2 aromatic heterocycles. The molecular formula is C29H27FN4OS. The molecule has 3 heterocycles. The highest BCUT2D eigenvalue weighted by molar-refractivity contribution is 7.11. The van der Waals surface area contributed by atoms with Gasteiger partial charge in [0.25, 0.3) is 0 Å². The highest BCUT2D eigenvalue weighted by Gasteiger charge is 2.26. The zero-order valence-electron chi connectivity index (χ0n) is 20.2. The van der Waals surface area contributed by atoms with Crippen molar-refractivity contribution in [3.05, 3.63) is 81.3 Å². The van der Waals surface area contributed by atoms with Crippen LogP contribution in [0.15, 0.2) is 53.9 Å². The van der Waals surface area contributed by atoms with E-state index in [4.69, 9.17) is 4.74 Å². The van der Waals surface area contributed by atoms with Gasteiger partial charge in [-0.3, -0.25) is 10.00 Å². The molecule has 1 saturated heterocycles. The Morgan fingerprint density at radius 3 is 2.86 bits per heavy atom. The largest absolute Gasteiger partial charge is 0.481 e. The molecule has 5 nitrogen and oxygen atoms in total. The van der Waals surface area contributed by atoms with Crippen molar-refractivity contribution in [2.24, 2.45) is 0 Å². The van der Waals surface area contributed by atoms with E-state index in [-0.39, 0.29) is 12.4 Å². The van der Waals surface area contributed by atoms with E-state index in [0.29, 0.717) is 5.75 Å². The first kappa shape index (κ1) is 23.0. The zero-order valence-corrected chi connectivity index (χ0v) is 21.0. The first-order chi connectivity index (χ1) is 17.6. The number of fused-ring (bicyclic) bond motifs is 3. The van der Waals surface area contributed by atoms with E-state index in [1.165, 1.54) is 34.4 Å². The van der Waals surface area contributed by atoms with Crippen LogP contribution in [0.3, 0.4) is 0 Å². The minimum absolute atomic E-state index is 0.209. The molecule has 2 aromatic carbocycles. The number of aromatic amines is 1. The number of nitrogens with one attached hydrogen (secondary N) is 1. The summed E-state index contributed by atoms with van der Waals surface area (Å²) in [5, 5.41) is 10.0. The van der Waals surface area contributed by atoms with E-state index in [1.54, 1.807) is 23.5 Å². The van der Waals surface area contributed by atoms with Crippen LogP contribution in [0.1, 0.15) is 21.6 Å². The molecule has 1 aliphatic heterocycles. The van der Waals surface area contributed by atoms with Crippen LogP contribution >= 0.6 is 11.3 Å². The number of H-pyrrole nitrogens is 1. The number of benzene rings is 2. The molecular weight excluding hydrogens is 471 g/mol. The van der Waals surface area contributed by atoms with E-state index >= 15 is 0 Å². The van der Waals surface area contributed by atoms with Gasteiger partial charge in [-0.05, 0) is 36.4 Å². The number of ether oxygens (including phenoxy) is 1. The lowest BCUT2D eigenvalue weighted by molar-refractivity contribution is 0.148. The fourth-order valence-corrected chi connectivity index (χ4v) is 5.67. The molecule has 4 aromatic rings. The fourth-order valence-electron chi connectivity index (χ4n) is 4.91. The summed E-state index contributed by atoms with van der Waals surface area (Å²) in [5.74, 6) is 6.33. The summed E-state index contributed by atoms with van der Waals surface area (Å²) in [4.78, 5) is 5.89. The maximum atomic E-state index is 13.3. The van der Waals surface area contributed by atoms with Gasteiger partial charge in [0.05, 0.1) is 16.3 Å². The molecule has 0 spiro atoms. The number of aromatic nitrogens is 2. The molecule has 1 fully saturated rings. The Balaban J connectivity index is 1.13. The lowest BCUT2D eigenvalue weighted by Gasteiger charge is -2.32. The average Bonchev–Trinajstić information content (AvgIpc) is 3.59.